The van der Waals surface area contributed by atoms with Gasteiger partial charge in [-0.25, -0.2) is 0 Å². The van der Waals surface area contributed by atoms with Gasteiger partial charge in [-0.3, -0.25) is 0 Å². The van der Waals surface area contributed by atoms with Crippen molar-refractivity contribution < 1.29 is 4.42 Å². The fourth-order valence-corrected chi connectivity index (χ4v) is 10.3. The van der Waals surface area contributed by atoms with E-state index in [2.05, 4.69) is 270 Å². The molecule has 0 bridgehead atoms. The first-order valence-electron chi connectivity index (χ1n) is 23.6. The average molecular weight is 881 g/mol. The first-order valence-corrected chi connectivity index (χ1v) is 23.6. The summed E-state index contributed by atoms with van der Waals surface area (Å²) in [5.41, 5.74) is 20.1. The van der Waals surface area contributed by atoms with Crippen LogP contribution in [0.1, 0.15) is 0 Å². The van der Waals surface area contributed by atoms with Crippen LogP contribution in [0.4, 0.5) is 17.1 Å². The Bertz CT molecular complexity index is 3920. The Labute approximate surface area is 401 Å². The summed E-state index contributed by atoms with van der Waals surface area (Å²) in [6, 6.07) is 95.9. The Morgan fingerprint density at radius 3 is 1.30 bits per heavy atom. The van der Waals surface area contributed by atoms with Crippen LogP contribution in [0.25, 0.3) is 105 Å². The summed E-state index contributed by atoms with van der Waals surface area (Å²) in [4.78, 5) is 2.37. The monoisotopic (exact) mass is 880 g/mol. The van der Waals surface area contributed by atoms with Gasteiger partial charge in [-0.05, 0) is 93.5 Å². The van der Waals surface area contributed by atoms with Crippen molar-refractivity contribution in [2.75, 3.05) is 4.90 Å². The summed E-state index contributed by atoms with van der Waals surface area (Å²) in [6.45, 7) is 0. The summed E-state index contributed by atoms with van der Waals surface area (Å²) >= 11 is 0. The van der Waals surface area contributed by atoms with Gasteiger partial charge in [-0.15, -0.1) is 0 Å². The molecule has 2 aromatic heterocycles. The first-order chi connectivity index (χ1) is 34.2. The van der Waals surface area contributed by atoms with E-state index in [-0.39, 0.29) is 0 Å². The van der Waals surface area contributed by atoms with Gasteiger partial charge in [0.25, 0.3) is 0 Å². The Balaban J connectivity index is 0.873. The fraction of sp³-hybridized carbons (Fsp3) is 0. The molecule has 0 radical (unpaired) electrons. The lowest BCUT2D eigenvalue weighted by Gasteiger charge is -2.28. The zero-order valence-electron chi connectivity index (χ0n) is 37.7. The third-order valence-corrected chi connectivity index (χ3v) is 13.7. The second-order valence-corrected chi connectivity index (χ2v) is 17.6. The van der Waals surface area contributed by atoms with Crippen LogP contribution in [0.15, 0.2) is 271 Å². The molecule has 0 atom stereocenters. The third-order valence-electron chi connectivity index (χ3n) is 13.7. The quantitative estimate of drug-likeness (QED) is 0.144. The molecule has 11 aromatic carbocycles. The maximum absolute atomic E-state index is 6.63. The van der Waals surface area contributed by atoms with E-state index < -0.39 is 0 Å². The van der Waals surface area contributed by atoms with E-state index in [1.807, 2.05) is 6.07 Å². The molecule has 0 amide bonds. The van der Waals surface area contributed by atoms with Crippen LogP contribution in [-0.2, 0) is 0 Å². The molecule has 0 aliphatic rings. The van der Waals surface area contributed by atoms with Gasteiger partial charge in [0.2, 0.25) is 0 Å². The van der Waals surface area contributed by atoms with Crippen molar-refractivity contribution in [2.45, 2.75) is 0 Å². The Morgan fingerprint density at radius 2 is 0.696 bits per heavy atom. The molecule has 13 rings (SSSR count). The molecule has 0 saturated heterocycles. The molecule has 0 N–H and O–H groups in total. The molecule has 0 aliphatic heterocycles. The number of hydrogen-bond acceptors (Lipinski definition) is 2. The van der Waals surface area contributed by atoms with Crippen molar-refractivity contribution in [1.29, 1.82) is 0 Å². The van der Waals surface area contributed by atoms with E-state index in [4.69, 9.17) is 4.42 Å². The molecule has 0 fully saturated rings. The molecule has 0 saturated carbocycles. The number of para-hydroxylation sites is 6. The van der Waals surface area contributed by atoms with Gasteiger partial charge in [-0.2, -0.15) is 0 Å². The van der Waals surface area contributed by atoms with Crippen molar-refractivity contribution in [3.8, 4) is 61.3 Å². The maximum atomic E-state index is 6.63. The Morgan fingerprint density at radius 1 is 0.275 bits per heavy atom. The second kappa shape index (κ2) is 16.9. The Kier molecular flexibility index (Phi) is 9.84. The van der Waals surface area contributed by atoms with E-state index in [9.17, 15) is 0 Å². The van der Waals surface area contributed by atoms with Gasteiger partial charge in [0, 0.05) is 49.6 Å². The first kappa shape index (κ1) is 40.1. The van der Waals surface area contributed by atoms with Gasteiger partial charge in [0.05, 0.1) is 22.4 Å². The minimum absolute atomic E-state index is 0.886. The van der Waals surface area contributed by atoms with E-state index in [1.54, 1.807) is 0 Å². The second-order valence-electron chi connectivity index (χ2n) is 17.6. The van der Waals surface area contributed by atoms with E-state index in [0.29, 0.717) is 0 Å². The maximum Gasteiger partial charge on any atom is 0.143 e. The lowest BCUT2D eigenvalue weighted by molar-refractivity contribution is 0.670. The molecule has 0 unspecified atom stereocenters. The van der Waals surface area contributed by atoms with E-state index in [0.717, 1.165) is 72.5 Å². The largest absolute Gasteiger partial charge is 0.455 e. The molecular weight excluding hydrogens is 837 g/mol. The number of benzene rings is 11. The lowest BCUT2D eigenvalue weighted by Crippen LogP contribution is -2.11. The van der Waals surface area contributed by atoms with Crippen molar-refractivity contribution in [3.05, 3.63) is 267 Å². The van der Waals surface area contributed by atoms with Gasteiger partial charge in [0.1, 0.15) is 11.2 Å². The molecule has 0 spiro atoms. The van der Waals surface area contributed by atoms with E-state index >= 15 is 0 Å². The standard InChI is InChI=1S/C66H44N2O/c1-2-15-45(16-3-1)46-29-31-47(32-30-46)49-37-41-52(42-38-49)67(62-25-10-7-20-57(62)59-22-14-23-60-58-21-8-13-28-65(58)69-66(59)60)53-43-39-50(40-44-53)48-33-35-51(36-34-48)54-17-4-9-24-61(54)68-63-26-11-5-18-55(63)56-19-6-12-27-64(56)68/h1-44H. The summed E-state index contributed by atoms with van der Waals surface area (Å²) in [7, 11) is 0. The molecule has 3 nitrogen and oxygen atoms in total. The van der Waals surface area contributed by atoms with Crippen LogP contribution in [0, 0.1) is 0 Å². The summed E-state index contributed by atoms with van der Waals surface area (Å²) in [5, 5.41) is 4.74. The Hall–Kier alpha value is -9.18. The van der Waals surface area contributed by atoms with Crippen LogP contribution in [0.5, 0.6) is 0 Å². The zero-order chi connectivity index (χ0) is 45.7. The predicted octanol–water partition coefficient (Wildman–Crippen LogP) is 18.5. The molecular formula is C66H44N2O. The zero-order valence-corrected chi connectivity index (χ0v) is 37.7. The number of hydrogen-bond donors (Lipinski definition) is 0. The third kappa shape index (κ3) is 7.08. The fourth-order valence-electron chi connectivity index (χ4n) is 10.3. The van der Waals surface area contributed by atoms with Crippen molar-refractivity contribution in [3.63, 3.8) is 0 Å². The summed E-state index contributed by atoms with van der Waals surface area (Å²) < 4.78 is 9.03. The molecule has 2 heterocycles. The normalized spacial score (nSPS) is 11.5. The highest BCUT2D eigenvalue weighted by molar-refractivity contribution is 6.11. The number of anilines is 3. The molecule has 3 heteroatoms. The van der Waals surface area contributed by atoms with Crippen LogP contribution in [0.3, 0.4) is 0 Å². The van der Waals surface area contributed by atoms with Crippen LogP contribution < -0.4 is 4.90 Å². The van der Waals surface area contributed by atoms with Gasteiger partial charge in [0.15, 0.2) is 0 Å². The van der Waals surface area contributed by atoms with Crippen LogP contribution in [-0.4, -0.2) is 4.57 Å². The molecule has 324 valence electrons. The predicted molar refractivity (Wildman–Crippen MR) is 290 cm³/mol. The highest BCUT2D eigenvalue weighted by Crippen LogP contribution is 2.45. The molecule has 0 aliphatic carbocycles. The van der Waals surface area contributed by atoms with Crippen LogP contribution >= 0.6 is 0 Å². The summed E-state index contributed by atoms with van der Waals surface area (Å²) in [5.74, 6) is 0. The van der Waals surface area contributed by atoms with Gasteiger partial charge >= 0.3 is 0 Å². The van der Waals surface area contributed by atoms with Crippen molar-refractivity contribution >= 4 is 60.8 Å². The number of nitrogens with zero attached hydrogens (tertiary/aromatic N) is 2. The van der Waals surface area contributed by atoms with Crippen LogP contribution in [0.2, 0.25) is 0 Å². The number of rotatable bonds is 9. The number of furan rings is 1. The summed E-state index contributed by atoms with van der Waals surface area (Å²) in [6.07, 6.45) is 0. The highest BCUT2D eigenvalue weighted by atomic mass is 16.3. The van der Waals surface area contributed by atoms with E-state index in [1.165, 1.54) is 49.6 Å². The minimum atomic E-state index is 0.886. The average Bonchev–Trinajstić information content (AvgIpc) is 3.98. The van der Waals surface area contributed by atoms with Crippen molar-refractivity contribution in [1.82, 2.24) is 4.57 Å². The topological polar surface area (TPSA) is 21.3 Å². The molecule has 69 heavy (non-hydrogen) atoms. The van der Waals surface area contributed by atoms with Gasteiger partial charge < -0.3 is 13.9 Å². The highest BCUT2D eigenvalue weighted by Gasteiger charge is 2.21. The van der Waals surface area contributed by atoms with Gasteiger partial charge in [-0.1, -0.05) is 212 Å². The smallest absolute Gasteiger partial charge is 0.143 e. The number of fused-ring (bicyclic) bond motifs is 6. The van der Waals surface area contributed by atoms with Crippen molar-refractivity contribution in [2.24, 2.45) is 0 Å². The molecule has 13 aromatic rings. The lowest BCUT2D eigenvalue weighted by atomic mass is 9.97. The SMILES string of the molecule is c1ccc(-c2ccc(-c3ccc(N(c4ccc(-c5ccc(-c6ccccc6-n6c7ccccc7c7ccccc76)cc5)cc4)c4ccccc4-c4cccc5c4oc4ccccc45)cc3)cc2)cc1. The minimum Gasteiger partial charge on any atom is -0.455 e. The number of aromatic nitrogens is 1.